The second kappa shape index (κ2) is 5.30. The number of rotatable bonds is 4. The average Bonchev–Trinajstić information content (AvgIpc) is 2.38. The van der Waals surface area contributed by atoms with Gasteiger partial charge in [0.25, 0.3) is 5.69 Å². The lowest BCUT2D eigenvalue weighted by Crippen LogP contribution is -2.38. The summed E-state index contributed by atoms with van der Waals surface area (Å²) >= 11 is 0. The smallest absolute Gasteiger partial charge is 0.292 e. The highest BCUT2D eigenvalue weighted by molar-refractivity contribution is 5.61. The number of ether oxygens (including phenoxy) is 1. The minimum atomic E-state index is -1.35. The molecule has 1 heterocycles. The Morgan fingerprint density at radius 3 is 2.72 bits per heavy atom. The summed E-state index contributed by atoms with van der Waals surface area (Å²) in [7, 11) is 0. The number of nitrogens with zero attached hydrogens (tertiary/aromatic N) is 1. The molecule has 0 amide bonds. The molecule has 2 rings (SSSR count). The second-order valence-corrected chi connectivity index (χ2v) is 4.39. The molecule has 1 aliphatic rings. The summed E-state index contributed by atoms with van der Waals surface area (Å²) in [6.45, 7) is 0.866. The lowest BCUT2D eigenvalue weighted by Gasteiger charge is -2.29. The van der Waals surface area contributed by atoms with Crippen molar-refractivity contribution in [3.05, 3.63) is 34.4 Å². The Hall–Kier alpha value is -1.69. The molecule has 0 spiro atoms. The molecule has 0 aromatic heterocycles. The first-order valence-electron chi connectivity index (χ1n) is 5.85. The molecule has 1 aromatic rings. The Labute approximate surface area is 104 Å². The minimum absolute atomic E-state index is 0.0341. The van der Waals surface area contributed by atoms with Crippen molar-refractivity contribution >= 4 is 11.4 Å². The van der Waals surface area contributed by atoms with Crippen LogP contribution >= 0.6 is 0 Å². The van der Waals surface area contributed by atoms with E-state index in [1.807, 2.05) is 0 Å². The fraction of sp³-hybridized carbons (Fsp3) is 0.500. The molecule has 18 heavy (non-hydrogen) atoms. The Kier molecular flexibility index (Phi) is 3.76. The molecule has 98 valence electrons. The molecule has 1 N–H and O–H groups in total. The van der Waals surface area contributed by atoms with Crippen LogP contribution in [0.25, 0.3) is 0 Å². The standard InChI is InChI=1S/C12H15FN2O3/c13-12(5-7-18-8-6-12)9-14-10-3-1-2-4-11(10)15(16)17/h1-4,14H,5-9H2. The molecule has 0 saturated carbocycles. The molecule has 0 bridgehead atoms. The Bertz CT molecular complexity index is 433. The van der Waals surface area contributed by atoms with Gasteiger partial charge in [0.05, 0.1) is 4.92 Å². The number of anilines is 1. The summed E-state index contributed by atoms with van der Waals surface area (Å²) in [5, 5.41) is 13.6. The monoisotopic (exact) mass is 254 g/mol. The SMILES string of the molecule is O=[N+]([O-])c1ccccc1NCC1(F)CCOCC1. The maximum Gasteiger partial charge on any atom is 0.292 e. The van der Waals surface area contributed by atoms with Gasteiger partial charge in [-0.2, -0.15) is 0 Å². The third kappa shape index (κ3) is 2.95. The van der Waals surface area contributed by atoms with E-state index >= 15 is 0 Å². The van der Waals surface area contributed by atoms with E-state index in [4.69, 9.17) is 4.74 Å². The first kappa shape index (κ1) is 12.8. The van der Waals surface area contributed by atoms with E-state index in [1.165, 1.54) is 6.07 Å². The normalized spacial score (nSPS) is 18.3. The highest BCUT2D eigenvalue weighted by Crippen LogP contribution is 2.28. The number of para-hydroxylation sites is 2. The van der Waals surface area contributed by atoms with E-state index in [-0.39, 0.29) is 12.2 Å². The maximum absolute atomic E-state index is 14.3. The van der Waals surface area contributed by atoms with Crippen LogP contribution in [-0.4, -0.2) is 30.4 Å². The third-order valence-electron chi connectivity index (χ3n) is 3.09. The summed E-state index contributed by atoms with van der Waals surface area (Å²) in [5.41, 5.74) is -1.03. The van der Waals surface area contributed by atoms with Crippen molar-refractivity contribution in [1.82, 2.24) is 0 Å². The van der Waals surface area contributed by atoms with E-state index in [0.29, 0.717) is 31.7 Å². The van der Waals surface area contributed by atoms with Gasteiger partial charge in [0.2, 0.25) is 0 Å². The molecule has 0 atom stereocenters. The van der Waals surface area contributed by atoms with Crippen molar-refractivity contribution in [2.24, 2.45) is 0 Å². The van der Waals surface area contributed by atoms with Gasteiger partial charge < -0.3 is 10.1 Å². The van der Waals surface area contributed by atoms with Gasteiger partial charge in [-0.15, -0.1) is 0 Å². The second-order valence-electron chi connectivity index (χ2n) is 4.39. The molecule has 0 radical (unpaired) electrons. The number of benzene rings is 1. The number of hydrogen-bond acceptors (Lipinski definition) is 4. The number of nitrogens with one attached hydrogen (secondary N) is 1. The lowest BCUT2D eigenvalue weighted by molar-refractivity contribution is -0.384. The van der Waals surface area contributed by atoms with Crippen LogP contribution < -0.4 is 5.32 Å². The number of halogens is 1. The zero-order valence-electron chi connectivity index (χ0n) is 9.89. The quantitative estimate of drug-likeness (QED) is 0.662. The third-order valence-corrected chi connectivity index (χ3v) is 3.09. The van der Waals surface area contributed by atoms with Crippen molar-refractivity contribution in [3.63, 3.8) is 0 Å². The van der Waals surface area contributed by atoms with Gasteiger partial charge in [-0.25, -0.2) is 4.39 Å². The Balaban J connectivity index is 2.03. The molecule has 5 nitrogen and oxygen atoms in total. The Morgan fingerprint density at radius 1 is 1.39 bits per heavy atom. The number of alkyl halides is 1. The van der Waals surface area contributed by atoms with Crippen LogP contribution in [0.3, 0.4) is 0 Å². The molecule has 1 saturated heterocycles. The summed E-state index contributed by atoms with van der Waals surface area (Å²) < 4.78 is 19.4. The van der Waals surface area contributed by atoms with Crippen LogP contribution in [0.5, 0.6) is 0 Å². The number of nitro benzene ring substituents is 1. The topological polar surface area (TPSA) is 64.4 Å². The Morgan fingerprint density at radius 2 is 2.06 bits per heavy atom. The predicted molar refractivity (Wildman–Crippen MR) is 65.5 cm³/mol. The largest absolute Gasteiger partial charge is 0.381 e. The molecule has 1 fully saturated rings. The molecular formula is C12H15FN2O3. The molecule has 1 aromatic carbocycles. The van der Waals surface area contributed by atoms with Gasteiger partial charge in [0, 0.05) is 38.7 Å². The molecule has 1 aliphatic heterocycles. The predicted octanol–water partition coefficient (Wildman–Crippen LogP) is 2.53. The van der Waals surface area contributed by atoms with Crippen LogP contribution in [-0.2, 0) is 4.74 Å². The fourth-order valence-corrected chi connectivity index (χ4v) is 1.95. The van der Waals surface area contributed by atoms with Crippen molar-refractivity contribution in [1.29, 1.82) is 0 Å². The van der Waals surface area contributed by atoms with E-state index in [1.54, 1.807) is 18.2 Å². The number of nitro groups is 1. The fourth-order valence-electron chi connectivity index (χ4n) is 1.95. The van der Waals surface area contributed by atoms with Crippen LogP contribution in [0.15, 0.2) is 24.3 Å². The highest BCUT2D eigenvalue weighted by Gasteiger charge is 2.32. The highest BCUT2D eigenvalue weighted by atomic mass is 19.1. The first-order valence-corrected chi connectivity index (χ1v) is 5.85. The van der Waals surface area contributed by atoms with Gasteiger partial charge in [-0.05, 0) is 6.07 Å². The number of hydrogen-bond donors (Lipinski definition) is 1. The molecular weight excluding hydrogens is 239 g/mol. The summed E-state index contributed by atoms with van der Waals surface area (Å²) in [6, 6.07) is 6.26. The van der Waals surface area contributed by atoms with Gasteiger partial charge in [-0.1, -0.05) is 12.1 Å². The van der Waals surface area contributed by atoms with Gasteiger partial charge in [-0.3, -0.25) is 10.1 Å². The summed E-state index contributed by atoms with van der Waals surface area (Å²) in [5.74, 6) is 0. The zero-order valence-corrected chi connectivity index (χ0v) is 9.89. The lowest BCUT2D eigenvalue weighted by atomic mass is 9.96. The van der Waals surface area contributed by atoms with Crippen molar-refractivity contribution in [2.45, 2.75) is 18.5 Å². The van der Waals surface area contributed by atoms with Gasteiger partial charge in [0.1, 0.15) is 11.4 Å². The zero-order chi connectivity index (χ0) is 13.0. The van der Waals surface area contributed by atoms with E-state index in [0.717, 1.165) is 0 Å². The van der Waals surface area contributed by atoms with Crippen LogP contribution in [0.4, 0.5) is 15.8 Å². The van der Waals surface area contributed by atoms with Crippen LogP contribution in [0, 0.1) is 10.1 Å². The summed E-state index contributed by atoms with van der Waals surface area (Å²) in [6.07, 6.45) is 0.640. The van der Waals surface area contributed by atoms with Gasteiger partial charge >= 0.3 is 0 Å². The first-order chi connectivity index (χ1) is 8.61. The average molecular weight is 254 g/mol. The van der Waals surface area contributed by atoms with E-state index < -0.39 is 10.6 Å². The molecule has 0 aliphatic carbocycles. The van der Waals surface area contributed by atoms with Crippen molar-refractivity contribution in [3.8, 4) is 0 Å². The molecule has 6 heteroatoms. The van der Waals surface area contributed by atoms with Crippen molar-refractivity contribution in [2.75, 3.05) is 25.1 Å². The van der Waals surface area contributed by atoms with E-state index in [9.17, 15) is 14.5 Å². The minimum Gasteiger partial charge on any atom is -0.381 e. The van der Waals surface area contributed by atoms with Crippen LogP contribution in [0.2, 0.25) is 0 Å². The van der Waals surface area contributed by atoms with Crippen LogP contribution in [0.1, 0.15) is 12.8 Å². The van der Waals surface area contributed by atoms with E-state index in [2.05, 4.69) is 5.32 Å². The van der Waals surface area contributed by atoms with Crippen molar-refractivity contribution < 1.29 is 14.1 Å². The van der Waals surface area contributed by atoms with Gasteiger partial charge in [0.15, 0.2) is 0 Å². The summed E-state index contributed by atoms with van der Waals surface area (Å²) in [4.78, 5) is 10.3. The maximum atomic E-state index is 14.3. The molecule has 0 unspecified atom stereocenters.